The lowest BCUT2D eigenvalue weighted by molar-refractivity contribution is -0.0132. The number of ether oxygens (including phenoxy) is 4. The lowest BCUT2D eigenvalue weighted by Crippen LogP contribution is -2.12. The Morgan fingerprint density at radius 1 is 1.20 bits per heavy atom. The van der Waals surface area contributed by atoms with E-state index in [1.54, 1.807) is 6.07 Å². The summed E-state index contributed by atoms with van der Waals surface area (Å²) in [6, 6.07) is 3.65. The molecule has 1 rings (SSSR count). The molecule has 0 unspecified atom stereocenters. The second kappa shape index (κ2) is 8.35. The Labute approximate surface area is 119 Å². The van der Waals surface area contributed by atoms with Gasteiger partial charge < -0.3 is 18.9 Å². The average Bonchev–Trinajstić information content (AvgIpc) is 2.43. The van der Waals surface area contributed by atoms with Crippen LogP contribution >= 0.6 is 0 Å². The number of aryl methyl sites for hydroxylation is 1. The molecule has 0 heterocycles. The fraction of sp³-hybridized carbons (Fsp3) is 0.400. The van der Waals surface area contributed by atoms with Crippen molar-refractivity contribution in [3.8, 4) is 5.75 Å². The molecule has 110 valence electrons. The average molecular weight is 280 g/mol. The van der Waals surface area contributed by atoms with E-state index in [1.165, 1.54) is 14.2 Å². The van der Waals surface area contributed by atoms with Gasteiger partial charge in [0.15, 0.2) is 13.6 Å². The highest BCUT2D eigenvalue weighted by molar-refractivity contribution is 5.94. The second-order valence-electron chi connectivity index (χ2n) is 4.12. The molecule has 0 spiro atoms. The first-order valence-electron chi connectivity index (χ1n) is 6.19. The van der Waals surface area contributed by atoms with E-state index in [9.17, 15) is 4.79 Å². The number of esters is 1. The number of allylic oxidation sites excluding steroid dienone is 1. The SMILES string of the molecule is CC=Cc1cc(C)cc(C(=O)OCOC)c1OCOC. The normalized spacial score (nSPS) is 10.8. The quantitative estimate of drug-likeness (QED) is 0.568. The molecule has 20 heavy (non-hydrogen) atoms. The van der Waals surface area contributed by atoms with Gasteiger partial charge in [-0.25, -0.2) is 4.79 Å². The van der Waals surface area contributed by atoms with E-state index < -0.39 is 5.97 Å². The fourth-order valence-electron chi connectivity index (χ4n) is 1.73. The van der Waals surface area contributed by atoms with E-state index in [4.69, 9.17) is 18.9 Å². The van der Waals surface area contributed by atoms with Crippen molar-refractivity contribution in [1.29, 1.82) is 0 Å². The first-order valence-corrected chi connectivity index (χ1v) is 6.19. The lowest BCUT2D eigenvalue weighted by Gasteiger charge is -2.14. The maximum atomic E-state index is 12.0. The zero-order chi connectivity index (χ0) is 15.0. The second-order valence-corrected chi connectivity index (χ2v) is 4.12. The molecule has 0 bridgehead atoms. The molecule has 0 N–H and O–H groups in total. The van der Waals surface area contributed by atoms with Crippen molar-refractivity contribution in [2.24, 2.45) is 0 Å². The van der Waals surface area contributed by atoms with Crippen molar-refractivity contribution in [1.82, 2.24) is 0 Å². The number of methoxy groups -OCH3 is 2. The zero-order valence-electron chi connectivity index (χ0n) is 12.3. The summed E-state index contributed by atoms with van der Waals surface area (Å²) < 4.78 is 20.1. The Balaban J connectivity index is 3.20. The van der Waals surface area contributed by atoms with Crippen LogP contribution in [0.3, 0.4) is 0 Å². The van der Waals surface area contributed by atoms with Crippen LogP contribution in [-0.2, 0) is 14.2 Å². The highest BCUT2D eigenvalue weighted by Gasteiger charge is 2.18. The van der Waals surface area contributed by atoms with Crippen molar-refractivity contribution in [2.45, 2.75) is 13.8 Å². The van der Waals surface area contributed by atoms with E-state index in [2.05, 4.69) is 0 Å². The summed E-state index contributed by atoms with van der Waals surface area (Å²) in [7, 11) is 2.98. The number of carbonyl (C=O) groups excluding carboxylic acids is 1. The predicted octanol–water partition coefficient (Wildman–Crippen LogP) is 2.77. The number of hydrogen-bond donors (Lipinski definition) is 0. The van der Waals surface area contributed by atoms with Gasteiger partial charge in [0, 0.05) is 19.8 Å². The minimum Gasteiger partial charge on any atom is -0.466 e. The highest BCUT2D eigenvalue weighted by atomic mass is 16.7. The molecule has 0 aliphatic carbocycles. The minimum absolute atomic E-state index is 0.0537. The van der Waals surface area contributed by atoms with Gasteiger partial charge in [0.1, 0.15) is 11.3 Å². The number of rotatable bonds is 7. The van der Waals surface area contributed by atoms with Crippen LogP contribution in [0.5, 0.6) is 5.75 Å². The number of hydrogen-bond acceptors (Lipinski definition) is 5. The van der Waals surface area contributed by atoms with Crippen LogP contribution in [0.4, 0.5) is 0 Å². The third kappa shape index (κ3) is 4.36. The molecule has 1 aromatic rings. The number of carbonyl (C=O) groups is 1. The van der Waals surface area contributed by atoms with Crippen molar-refractivity contribution < 1.29 is 23.7 Å². The third-order valence-corrected chi connectivity index (χ3v) is 2.46. The molecule has 0 radical (unpaired) electrons. The van der Waals surface area contributed by atoms with Crippen LogP contribution in [-0.4, -0.2) is 33.8 Å². The summed E-state index contributed by atoms with van der Waals surface area (Å²) >= 11 is 0. The van der Waals surface area contributed by atoms with Crippen molar-refractivity contribution in [2.75, 3.05) is 27.8 Å². The monoisotopic (exact) mass is 280 g/mol. The Hall–Kier alpha value is -1.85. The van der Waals surface area contributed by atoms with Crippen LogP contribution in [0.25, 0.3) is 6.08 Å². The standard InChI is InChI=1S/C15H20O5/c1-5-6-12-7-11(2)8-13(14(12)19-9-17-3)15(16)20-10-18-4/h5-8H,9-10H2,1-4H3. The summed E-state index contributed by atoms with van der Waals surface area (Å²) in [5.74, 6) is -0.0518. The van der Waals surface area contributed by atoms with Crippen molar-refractivity contribution >= 4 is 12.0 Å². The molecule has 0 fully saturated rings. The van der Waals surface area contributed by atoms with E-state index in [-0.39, 0.29) is 13.6 Å². The predicted molar refractivity (Wildman–Crippen MR) is 75.7 cm³/mol. The molecule has 0 aromatic heterocycles. The summed E-state index contributed by atoms with van der Waals surface area (Å²) in [5, 5.41) is 0. The molecule has 0 saturated heterocycles. The molecule has 0 saturated carbocycles. The first kappa shape index (κ1) is 16.2. The number of benzene rings is 1. The highest BCUT2D eigenvalue weighted by Crippen LogP contribution is 2.28. The van der Waals surface area contributed by atoms with Gasteiger partial charge in [-0.2, -0.15) is 0 Å². The largest absolute Gasteiger partial charge is 0.466 e. The van der Waals surface area contributed by atoms with E-state index in [0.29, 0.717) is 11.3 Å². The van der Waals surface area contributed by atoms with E-state index in [1.807, 2.05) is 32.1 Å². The van der Waals surface area contributed by atoms with Gasteiger partial charge in [0.05, 0.1) is 0 Å². The molecular formula is C15H20O5. The zero-order valence-corrected chi connectivity index (χ0v) is 12.3. The fourth-order valence-corrected chi connectivity index (χ4v) is 1.73. The summed E-state index contributed by atoms with van der Waals surface area (Å²) in [6.45, 7) is 3.75. The molecule has 5 heteroatoms. The van der Waals surface area contributed by atoms with Gasteiger partial charge in [-0.05, 0) is 31.5 Å². The third-order valence-electron chi connectivity index (χ3n) is 2.46. The van der Waals surface area contributed by atoms with Gasteiger partial charge in [0.2, 0.25) is 0 Å². The van der Waals surface area contributed by atoms with Crippen molar-refractivity contribution in [3.63, 3.8) is 0 Å². The molecule has 1 aromatic carbocycles. The molecule has 0 aliphatic heterocycles. The van der Waals surface area contributed by atoms with Gasteiger partial charge in [0.25, 0.3) is 0 Å². The first-order chi connectivity index (χ1) is 9.63. The molecule has 0 atom stereocenters. The summed E-state index contributed by atoms with van der Waals surface area (Å²) in [6.07, 6.45) is 3.74. The Bertz CT molecular complexity index is 479. The van der Waals surface area contributed by atoms with E-state index >= 15 is 0 Å². The molecule has 5 nitrogen and oxygen atoms in total. The van der Waals surface area contributed by atoms with Gasteiger partial charge in [-0.15, -0.1) is 0 Å². The summed E-state index contributed by atoms with van der Waals surface area (Å²) in [4.78, 5) is 12.0. The van der Waals surface area contributed by atoms with Crippen LogP contribution < -0.4 is 4.74 Å². The maximum absolute atomic E-state index is 12.0. The Morgan fingerprint density at radius 3 is 2.50 bits per heavy atom. The Kier molecular flexibility index (Phi) is 6.76. The Morgan fingerprint density at radius 2 is 1.90 bits per heavy atom. The molecule has 0 amide bonds. The van der Waals surface area contributed by atoms with Crippen LogP contribution in [0.2, 0.25) is 0 Å². The molecular weight excluding hydrogens is 260 g/mol. The van der Waals surface area contributed by atoms with Crippen LogP contribution in [0.1, 0.15) is 28.4 Å². The van der Waals surface area contributed by atoms with E-state index in [0.717, 1.165) is 11.1 Å². The lowest BCUT2D eigenvalue weighted by atomic mass is 10.0. The maximum Gasteiger partial charge on any atom is 0.344 e. The van der Waals surface area contributed by atoms with Gasteiger partial charge in [-0.3, -0.25) is 0 Å². The van der Waals surface area contributed by atoms with Crippen molar-refractivity contribution in [3.05, 3.63) is 34.9 Å². The molecule has 0 aliphatic rings. The minimum atomic E-state index is -0.493. The smallest absolute Gasteiger partial charge is 0.344 e. The van der Waals surface area contributed by atoms with Gasteiger partial charge in [-0.1, -0.05) is 12.2 Å². The summed E-state index contributed by atoms with van der Waals surface area (Å²) in [5.41, 5.74) is 2.09. The topological polar surface area (TPSA) is 54.0 Å². The van der Waals surface area contributed by atoms with Crippen LogP contribution in [0.15, 0.2) is 18.2 Å². The van der Waals surface area contributed by atoms with Crippen LogP contribution in [0, 0.1) is 6.92 Å². The van der Waals surface area contributed by atoms with Gasteiger partial charge >= 0.3 is 5.97 Å².